The molecule has 2 rings (SSSR count). The number of hydrogen-bond acceptors (Lipinski definition) is 3. The smallest absolute Gasteiger partial charge is 0.183 e. The highest BCUT2D eigenvalue weighted by molar-refractivity contribution is 7.15. The van der Waals surface area contributed by atoms with E-state index in [1.54, 1.807) is 18.5 Å². The minimum atomic E-state index is 0.551. The molecular formula is C10H10Cl2N2S. The highest BCUT2D eigenvalue weighted by Crippen LogP contribution is 2.15. The van der Waals surface area contributed by atoms with E-state index in [9.17, 15) is 0 Å². The minimum absolute atomic E-state index is 0.551. The fourth-order valence-corrected chi connectivity index (χ4v) is 1.78. The third-order valence-electron chi connectivity index (χ3n) is 1.47. The first-order chi connectivity index (χ1) is 7.08. The molecule has 15 heavy (non-hydrogen) atoms. The number of aryl methyl sites for hydroxylation is 2. The van der Waals surface area contributed by atoms with Crippen LogP contribution in [0, 0.1) is 13.8 Å². The highest BCUT2D eigenvalue weighted by atomic mass is 35.5. The summed E-state index contributed by atoms with van der Waals surface area (Å²) in [6.07, 6.45) is 3.50. The van der Waals surface area contributed by atoms with E-state index in [0.717, 1.165) is 10.4 Å². The zero-order valence-electron chi connectivity index (χ0n) is 8.37. The van der Waals surface area contributed by atoms with E-state index in [1.165, 1.54) is 11.3 Å². The molecular weight excluding hydrogens is 251 g/mol. The van der Waals surface area contributed by atoms with Crippen LogP contribution in [0.5, 0.6) is 0 Å². The highest BCUT2D eigenvalue weighted by Gasteiger charge is 1.88. The number of nitrogens with zero attached hydrogens (tertiary/aromatic N) is 2. The number of rotatable bonds is 0. The lowest BCUT2D eigenvalue weighted by Gasteiger charge is -1.87. The summed E-state index contributed by atoms with van der Waals surface area (Å²) in [6, 6.07) is 3.70. The van der Waals surface area contributed by atoms with Crippen LogP contribution < -0.4 is 0 Å². The third-order valence-corrected chi connectivity index (χ3v) is 2.72. The fourth-order valence-electron chi connectivity index (χ4n) is 0.777. The number of halogens is 2. The predicted octanol–water partition coefficient (Wildman–Crippen LogP) is 4.15. The summed E-state index contributed by atoms with van der Waals surface area (Å²) >= 11 is 12.5. The number of hydrogen-bond donors (Lipinski definition) is 0. The topological polar surface area (TPSA) is 25.8 Å². The molecule has 0 spiro atoms. The summed E-state index contributed by atoms with van der Waals surface area (Å²) in [6.45, 7) is 3.95. The lowest BCUT2D eigenvalue weighted by molar-refractivity contribution is 1.27. The van der Waals surface area contributed by atoms with Gasteiger partial charge in [-0.1, -0.05) is 29.3 Å². The second-order valence-corrected chi connectivity index (χ2v) is 5.09. The van der Waals surface area contributed by atoms with E-state index in [-0.39, 0.29) is 0 Å². The Bertz CT molecular complexity index is 374. The van der Waals surface area contributed by atoms with Crippen LogP contribution in [0.25, 0.3) is 0 Å². The van der Waals surface area contributed by atoms with Gasteiger partial charge in [0.2, 0.25) is 0 Å². The molecule has 2 nitrogen and oxygen atoms in total. The van der Waals surface area contributed by atoms with E-state index in [4.69, 9.17) is 23.2 Å². The summed E-state index contributed by atoms with van der Waals surface area (Å²) in [5.74, 6) is 0. The molecule has 0 aromatic carbocycles. The standard InChI is InChI=1S/C6H6ClN.C4H4ClNS/c1-5-2-3-6(7)8-4-5;1-3-2-6-4(5)7-3/h2-4H,1H3;2H,1H3. The summed E-state index contributed by atoms with van der Waals surface area (Å²) in [4.78, 5) is 8.80. The summed E-state index contributed by atoms with van der Waals surface area (Å²) in [5, 5.41) is 0.551. The molecule has 0 fully saturated rings. The van der Waals surface area contributed by atoms with Crippen LogP contribution in [0.15, 0.2) is 24.5 Å². The van der Waals surface area contributed by atoms with Crippen molar-refractivity contribution < 1.29 is 0 Å². The average molecular weight is 261 g/mol. The van der Waals surface area contributed by atoms with Crippen molar-refractivity contribution in [2.75, 3.05) is 0 Å². The van der Waals surface area contributed by atoms with Crippen molar-refractivity contribution in [1.29, 1.82) is 0 Å². The lowest BCUT2D eigenvalue weighted by atomic mass is 10.3. The van der Waals surface area contributed by atoms with Gasteiger partial charge in [-0.3, -0.25) is 0 Å². The van der Waals surface area contributed by atoms with E-state index in [0.29, 0.717) is 9.62 Å². The Hall–Kier alpha value is -0.640. The van der Waals surface area contributed by atoms with Crippen molar-refractivity contribution in [3.8, 4) is 0 Å². The number of pyridine rings is 1. The monoisotopic (exact) mass is 260 g/mol. The van der Waals surface area contributed by atoms with Crippen molar-refractivity contribution >= 4 is 34.5 Å². The molecule has 2 aromatic heterocycles. The molecule has 0 aliphatic carbocycles. The first kappa shape index (κ1) is 12.4. The summed E-state index contributed by atoms with van der Waals surface area (Å²) in [7, 11) is 0. The molecule has 0 amide bonds. The zero-order chi connectivity index (χ0) is 11.3. The maximum absolute atomic E-state index is 5.50. The van der Waals surface area contributed by atoms with Gasteiger partial charge in [0.1, 0.15) is 5.15 Å². The van der Waals surface area contributed by atoms with Gasteiger partial charge in [-0.05, 0) is 25.5 Å². The van der Waals surface area contributed by atoms with Crippen LogP contribution in [0.4, 0.5) is 0 Å². The number of aromatic nitrogens is 2. The van der Waals surface area contributed by atoms with Gasteiger partial charge in [-0.25, -0.2) is 9.97 Å². The molecule has 5 heteroatoms. The van der Waals surface area contributed by atoms with Gasteiger partial charge in [-0.2, -0.15) is 0 Å². The third kappa shape index (κ3) is 5.11. The lowest BCUT2D eigenvalue weighted by Crippen LogP contribution is -1.73. The van der Waals surface area contributed by atoms with Crippen molar-refractivity contribution in [3.05, 3.63) is 44.6 Å². The van der Waals surface area contributed by atoms with Crippen LogP contribution in [-0.2, 0) is 0 Å². The SMILES string of the molecule is Cc1ccc(Cl)nc1.Cc1cnc(Cl)s1. The second-order valence-electron chi connectivity index (χ2n) is 2.88. The Labute approximate surface area is 103 Å². The number of thiazole rings is 1. The molecule has 0 saturated heterocycles. The summed E-state index contributed by atoms with van der Waals surface area (Å²) < 4.78 is 0.623. The Morgan fingerprint density at radius 1 is 1.07 bits per heavy atom. The van der Waals surface area contributed by atoms with E-state index in [1.807, 2.05) is 19.9 Å². The van der Waals surface area contributed by atoms with Gasteiger partial charge in [0.15, 0.2) is 4.47 Å². The zero-order valence-corrected chi connectivity index (χ0v) is 10.7. The molecule has 0 radical (unpaired) electrons. The van der Waals surface area contributed by atoms with Crippen LogP contribution in [0.1, 0.15) is 10.4 Å². The van der Waals surface area contributed by atoms with Crippen LogP contribution >= 0.6 is 34.5 Å². The average Bonchev–Trinajstić information content (AvgIpc) is 2.56. The van der Waals surface area contributed by atoms with E-state index >= 15 is 0 Å². The largest absolute Gasteiger partial charge is 0.244 e. The van der Waals surface area contributed by atoms with Crippen LogP contribution in [0.3, 0.4) is 0 Å². The van der Waals surface area contributed by atoms with Gasteiger partial charge in [-0.15, -0.1) is 11.3 Å². The van der Waals surface area contributed by atoms with Crippen molar-refractivity contribution in [3.63, 3.8) is 0 Å². The Morgan fingerprint density at radius 2 is 1.80 bits per heavy atom. The maximum Gasteiger partial charge on any atom is 0.183 e. The molecule has 0 atom stereocenters. The molecule has 0 N–H and O–H groups in total. The van der Waals surface area contributed by atoms with Crippen molar-refractivity contribution in [1.82, 2.24) is 9.97 Å². The van der Waals surface area contributed by atoms with Crippen molar-refractivity contribution in [2.24, 2.45) is 0 Å². The van der Waals surface area contributed by atoms with Gasteiger partial charge in [0.25, 0.3) is 0 Å². The Morgan fingerprint density at radius 3 is 2.07 bits per heavy atom. The molecule has 0 bridgehead atoms. The minimum Gasteiger partial charge on any atom is -0.244 e. The first-order valence-electron chi connectivity index (χ1n) is 4.24. The first-order valence-corrected chi connectivity index (χ1v) is 5.81. The van der Waals surface area contributed by atoms with Gasteiger partial charge < -0.3 is 0 Å². The van der Waals surface area contributed by atoms with E-state index in [2.05, 4.69) is 9.97 Å². The van der Waals surface area contributed by atoms with Gasteiger partial charge in [0, 0.05) is 17.3 Å². The molecule has 0 aliphatic heterocycles. The van der Waals surface area contributed by atoms with Gasteiger partial charge >= 0.3 is 0 Å². The maximum atomic E-state index is 5.50. The Balaban J connectivity index is 0.000000151. The normalized spacial score (nSPS) is 9.33. The fraction of sp³-hybridized carbons (Fsp3) is 0.200. The Kier molecular flexibility index (Phi) is 5.02. The van der Waals surface area contributed by atoms with Crippen molar-refractivity contribution in [2.45, 2.75) is 13.8 Å². The molecule has 80 valence electrons. The summed E-state index contributed by atoms with van der Waals surface area (Å²) in [5.41, 5.74) is 1.13. The van der Waals surface area contributed by atoms with Crippen LogP contribution in [-0.4, -0.2) is 9.97 Å². The molecule has 0 unspecified atom stereocenters. The van der Waals surface area contributed by atoms with E-state index < -0.39 is 0 Å². The second kappa shape index (κ2) is 6.05. The molecule has 0 saturated carbocycles. The molecule has 2 heterocycles. The quantitative estimate of drug-likeness (QED) is 0.666. The predicted molar refractivity (Wildman–Crippen MR) is 65.8 cm³/mol. The molecule has 0 aliphatic rings. The van der Waals surface area contributed by atoms with Crippen LogP contribution in [0.2, 0.25) is 9.62 Å². The van der Waals surface area contributed by atoms with Gasteiger partial charge in [0.05, 0.1) is 0 Å². The molecule has 2 aromatic rings.